The molecule has 12 heavy (non-hydrogen) atoms. The molecule has 2 N–H and O–H groups in total. The van der Waals surface area contributed by atoms with Gasteiger partial charge >= 0.3 is 0 Å². The second kappa shape index (κ2) is 3.32. The Bertz CT molecular complexity index is 147. The zero-order chi connectivity index (χ0) is 8.44. The fraction of sp³-hybridized carbons (Fsp3) is 1.00. The first-order valence-electron chi connectivity index (χ1n) is 4.85. The van der Waals surface area contributed by atoms with E-state index in [1.54, 1.807) is 0 Å². The summed E-state index contributed by atoms with van der Waals surface area (Å²) < 4.78 is 5.40. The van der Waals surface area contributed by atoms with Crippen LogP contribution < -0.4 is 5.73 Å². The normalized spacial score (nSPS) is 27.8. The Balaban J connectivity index is 1.68. The number of rotatable bonds is 3. The summed E-state index contributed by atoms with van der Waals surface area (Å²) in [6.07, 6.45) is 2.41. The van der Waals surface area contributed by atoms with Gasteiger partial charge in [0.1, 0.15) is 0 Å². The Morgan fingerprint density at radius 1 is 1.42 bits per heavy atom. The van der Waals surface area contributed by atoms with E-state index in [0.29, 0.717) is 5.41 Å². The maximum absolute atomic E-state index is 5.45. The van der Waals surface area contributed by atoms with Crippen LogP contribution in [0.25, 0.3) is 0 Å². The van der Waals surface area contributed by atoms with E-state index in [9.17, 15) is 0 Å². The zero-order valence-corrected chi connectivity index (χ0v) is 7.59. The van der Waals surface area contributed by atoms with Gasteiger partial charge in [0, 0.05) is 25.1 Å². The van der Waals surface area contributed by atoms with Crippen LogP contribution in [0.5, 0.6) is 0 Å². The standard InChI is InChI=1S/C9H18N2O/c10-3-1-4-11-6-9(7-11)2-5-12-8-9/h1-8,10H2. The molecule has 0 bridgehead atoms. The minimum Gasteiger partial charge on any atom is -0.381 e. The van der Waals surface area contributed by atoms with E-state index in [0.717, 1.165) is 26.2 Å². The van der Waals surface area contributed by atoms with Gasteiger partial charge in [0.15, 0.2) is 0 Å². The summed E-state index contributed by atoms with van der Waals surface area (Å²) in [5.41, 5.74) is 6.00. The molecule has 0 aromatic heterocycles. The van der Waals surface area contributed by atoms with E-state index in [1.165, 1.54) is 26.1 Å². The van der Waals surface area contributed by atoms with Gasteiger partial charge in [-0.15, -0.1) is 0 Å². The van der Waals surface area contributed by atoms with Crippen LogP contribution in [0, 0.1) is 5.41 Å². The van der Waals surface area contributed by atoms with Crippen molar-refractivity contribution in [2.45, 2.75) is 12.8 Å². The molecule has 0 saturated carbocycles. The van der Waals surface area contributed by atoms with Crippen molar-refractivity contribution in [2.75, 3.05) is 39.4 Å². The molecule has 3 heteroatoms. The number of nitrogens with zero attached hydrogens (tertiary/aromatic N) is 1. The molecule has 2 rings (SSSR count). The van der Waals surface area contributed by atoms with Crippen LogP contribution in [0.1, 0.15) is 12.8 Å². The monoisotopic (exact) mass is 170 g/mol. The lowest BCUT2D eigenvalue weighted by molar-refractivity contribution is -0.00668. The topological polar surface area (TPSA) is 38.5 Å². The molecule has 0 unspecified atom stereocenters. The Labute approximate surface area is 73.9 Å². The van der Waals surface area contributed by atoms with E-state index in [-0.39, 0.29) is 0 Å². The highest BCUT2D eigenvalue weighted by Gasteiger charge is 2.45. The lowest BCUT2D eigenvalue weighted by Gasteiger charge is -2.47. The first-order chi connectivity index (χ1) is 5.85. The van der Waals surface area contributed by atoms with E-state index < -0.39 is 0 Å². The summed E-state index contributed by atoms with van der Waals surface area (Å²) in [6.45, 7) is 6.45. The van der Waals surface area contributed by atoms with Gasteiger partial charge in [-0.3, -0.25) is 0 Å². The number of likely N-dealkylation sites (tertiary alicyclic amines) is 1. The second-order valence-corrected chi connectivity index (χ2v) is 4.16. The second-order valence-electron chi connectivity index (χ2n) is 4.16. The average molecular weight is 170 g/mol. The molecule has 0 atom stereocenters. The summed E-state index contributed by atoms with van der Waals surface area (Å²) in [4.78, 5) is 2.49. The molecule has 3 nitrogen and oxygen atoms in total. The highest BCUT2D eigenvalue weighted by molar-refractivity contribution is 4.96. The fourth-order valence-corrected chi connectivity index (χ4v) is 2.27. The number of ether oxygens (including phenoxy) is 1. The summed E-state index contributed by atoms with van der Waals surface area (Å²) in [5.74, 6) is 0. The molecule has 2 aliphatic heterocycles. The summed E-state index contributed by atoms with van der Waals surface area (Å²) in [7, 11) is 0. The maximum atomic E-state index is 5.45. The van der Waals surface area contributed by atoms with Crippen LogP contribution in [0.2, 0.25) is 0 Å². The van der Waals surface area contributed by atoms with Crippen LogP contribution in [0.15, 0.2) is 0 Å². The lowest BCUT2D eigenvalue weighted by atomic mass is 9.79. The maximum Gasteiger partial charge on any atom is 0.0547 e. The molecular formula is C9H18N2O. The van der Waals surface area contributed by atoms with E-state index in [1.807, 2.05) is 0 Å². The van der Waals surface area contributed by atoms with Gasteiger partial charge in [0.25, 0.3) is 0 Å². The molecule has 0 aliphatic carbocycles. The molecule has 0 radical (unpaired) electrons. The van der Waals surface area contributed by atoms with Gasteiger partial charge in [0.2, 0.25) is 0 Å². The van der Waals surface area contributed by atoms with Crippen molar-refractivity contribution in [1.82, 2.24) is 4.90 Å². The molecule has 2 aliphatic rings. The van der Waals surface area contributed by atoms with Crippen molar-refractivity contribution in [1.29, 1.82) is 0 Å². The van der Waals surface area contributed by atoms with Gasteiger partial charge in [0.05, 0.1) is 6.61 Å². The largest absolute Gasteiger partial charge is 0.381 e. The van der Waals surface area contributed by atoms with Crippen LogP contribution in [-0.2, 0) is 4.74 Å². The predicted molar refractivity (Wildman–Crippen MR) is 48.0 cm³/mol. The third-order valence-corrected chi connectivity index (χ3v) is 2.98. The smallest absolute Gasteiger partial charge is 0.0547 e. The molecule has 0 amide bonds. The SMILES string of the molecule is NCCCN1CC2(CCOC2)C1. The third-order valence-electron chi connectivity index (χ3n) is 2.98. The summed E-state index contributed by atoms with van der Waals surface area (Å²) >= 11 is 0. The molecular weight excluding hydrogens is 152 g/mol. The van der Waals surface area contributed by atoms with E-state index in [4.69, 9.17) is 10.5 Å². The Morgan fingerprint density at radius 2 is 2.25 bits per heavy atom. The van der Waals surface area contributed by atoms with Crippen molar-refractivity contribution in [3.63, 3.8) is 0 Å². The third kappa shape index (κ3) is 1.49. The highest BCUT2D eigenvalue weighted by Crippen LogP contribution is 2.37. The van der Waals surface area contributed by atoms with Crippen molar-refractivity contribution in [2.24, 2.45) is 11.1 Å². The van der Waals surface area contributed by atoms with Gasteiger partial charge in [-0.25, -0.2) is 0 Å². The Morgan fingerprint density at radius 3 is 2.83 bits per heavy atom. The molecule has 0 aromatic carbocycles. The Kier molecular flexibility index (Phi) is 2.35. The minimum absolute atomic E-state index is 0.550. The summed E-state index contributed by atoms with van der Waals surface area (Å²) in [5, 5.41) is 0. The fourth-order valence-electron chi connectivity index (χ4n) is 2.27. The van der Waals surface area contributed by atoms with Gasteiger partial charge in [-0.2, -0.15) is 0 Å². The quantitative estimate of drug-likeness (QED) is 0.651. The highest BCUT2D eigenvalue weighted by atomic mass is 16.5. The molecule has 1 spiro atoms. The summed E-state index contributed by atoms with van der Waals surface area (Å²) in [6, 6.07) is 0. The minimum atomic E-state index is 0.550. The van der Waals surface area contributed by atoms with E-state index in [2.05, 4.69) is 4.90 Å². The van der Waals surface area contributed by atoms with Gasteiger partial charge in [-0.1, -0.05) is 0 Å². The molecule has 2 fully saturated rings. The first-order valence-corrected chi connectivity index (χ1v) is 4.85. The van der Waals surface area contributed by atoms with Crippen molar-refractivity contribution in [3.8, 4) is 0 Å². The van der Waals surface area contributed by atoms with Gasteiger partial charge in [-0.05, 0) is 25.9 Å². The molecule has 0 aromatic rings. The average Bonchev–Trinajstić information content (AvgIpc) is 2.46. The lowest BCUT2D eigenvalue weighted by Crippen LogP contribution is -2.56. The van der Waals surface area contributed by atoms with Crippen LogP contribution in [0.3, 0.4) is 0 Å². The predicted octanol–water partition coefficient (Wildman–Crippen LogP) is 0.0575. The zero-order valence-electron chi connectivity index (χ0n) is 7.59. The van der Waals surface area contributed by atoms with Crippen LogP contribution in [0.4, 0.5) is 0 Å². The molecule has 2 saturated heterocycles. The molecule has 70 valence electrons. The van der Waals surface area contributed by atoms with Crippen molar-refractivity contribution >= 4 is 0 Å². The first kappa shape index (κ1) is 8.48. The number of nitrogens with two attached hydrogens (primary N) is 1. The van der Waals surface area contributed by atoms with E-state index >= 15 is 0 Å². The van der Waals surface area contributed by atoms with Crippen LogP contribution in [-0.4, -0.2) is 44.3 Å². The van der Waals surface area contributed by atoms with Crippen molar-refractivity contribution in [3.05, 3.63) is 0 Å². The number of hydrogen-bond acceptors (Lipinski definition) is 3. The number of hydrogen-bond donors (Lipinski definition) is 1. The Hall–Kier alpha value is -0.120. The van der Waals surface area contributed by atoms with Crippen molar-refractivity contribution < 1.29 is 4.74 Å². The van der Waals surface area contributed by atoms with Gasteiger partial charge < -0.3 is 15.4 Å². The molecule has 2 heterocycles. The van der Waals surface area contributed by atoms with Crippen LogP contribution >= 0.6 is 0 Å².